The SMILES string of the molecule is COc1cc(CNC(=O)NCc2ccc(Cl)cc2Cl)cc(OC)c1OC. The van der Waals surface area contributed by atoms with Crippen molar-refractivity contribution in [1.82, 2.24) is 10.6 Å². The summed E-state index contributed by atoms with van der Waals surface area (Å²) in [4.78, 5) is 12.0. The number of carbonyl (C=O) groups excluding carboxylic acids is 1. The Kier molecular flexibility index (Phi) is 7.24. The second-order valence-corrected chi connectivity index (χ2v) is 6.15. The molecule has 0 saturated heterocycles. The first-order valence-corrected chi connectivity index (χ1v) is 8.48. The maximum atomic E-state index is 12.0. The summed E-state index contributed by atoms with van der Waals surface area (Å²) in [6, 6.07) is 8.34. The lowest BCUT2D eigenvalue weighted by Gasteiger charge is -2.14. The van der Waals surface area contributed by atoms with Crippen molar-refractivity contribution in [2.45, 2.75) is 13.1 Å². The normalized spacial score (nSPS) is 10.2. The van der Waals surface area contributed by atoms with Gasteiger partial charge < -0.3 is 24.8 Å². The second kappa shape index (κ2) is 9.40. The zero-order valence-electron chi connectivity index (χ0n) is 14.7. The number of halogens is 2. The van der Waals surface area contributed by atoms with Crippen molar-refractivity contribution in [2.24, 2.45) is 0 Å². The van der Waals surface area contributed by atoms with Crippen LogP contribution in [0.3, 0.4) is 0 Å². The predicted molar refractivity (Wildman–Crippen MR) is 102 cm³/mol. The van der Waals surface area contributed by atoms with Crippen LogP contribution in [-0.4, -0.2) is 27.4 Å². The third-order valence-corrected chi connectivity index (χ3v) is 4.22. The van der Waals surface area contributed by atoms with Gasteiger partial charge in [0.2, 0.25) is 5.75 Å². The van der Waals surface area contributed by atoms with Crippen molar-refractivity contribution in [3.05, 3.63) is 51.5 Å². The first-order chi connectivity index (χ1) is 12.5. The van der Waals surface area contributed by atoms with Gasteiger partial charge in [0.15, 0.2) is 11.5 Å². The maximum absolute atomic E-state index is 12.0. The summed E-state index contributed by atoms with van der Waals surface area (Å²) in [5, 5.41) is 6.56. The summed E-state index contributed by atoms with van der Waals surface area (Å²) in [5.41, 5.74) is 1.58. The van der Waals surface area contributed by atoms with Crippen LogP contribution < -0.4 is 24.8 Å². The number of urea groups is 1. The molecule has 0 aromatic heterocycles. The zero-order chi connectivity index (χ0) is 19.1. The van der Waals surface area contributed by atoms with E-state index in [1.54, 1.807) is 30.3 Å². The molecule has 0 unspecified atom stereocenters. The first-order valence-electron chi connectivity index (χ1n) is 7.73. The van der Waals surface area contributed by atoms with E-state index in [0.29, 0.717) is 27.3 Å². The summed E-state index contributed by atoms with van der Waals surface area (Å²) in [7, 11) is 4.61. The molecule has 2 aromatic carbocycles. The monoisotopic (exact) mass is 398 g/mol. The number of nitrogens with one attached hydrogen (secondary N) is 2. The summed E-state index contributed by atoms with van der Waals surface area (Å²) in [6.45, 7) is 0.577. The molecule has 0 fully saturated rings. The molecule has 2 aromatic rings. The van der Waals surface area contributed by atoms with Gasteiger partial charge >= 0.3 is 6.03 Å². The van der Waals surface area contributed by atoms with Gasteiger partial charge in [-0.3, -0.25) is 0 Å². The molecule has 26 heavy (non-hydrogen) atoms. The van der Waals surface area contributed by atoms with Gasteiger partial charge in [0.1, 0.15) is 0 Å². The third kappa shape index (κ3) is 5.09. The average Bonchev–Trinajstić information content (AvgIpc) is 2.64. The van der Waals surface area contributed by atoms with E-state index in [1.807, 2.05) is 0 Å². The molecule has 0 atom stereocenters. The lowest BCUT2D eigenvalue weighted by atomic mass is 10.2. The van der Waals surface area contributed by atoms with Crippen molar-refractivity contribution in [3.63, 3.8) is 0 Å². The van der Waals surface area contributed by atoms with E-state index < -0.39 is 0 Å². The van der Waals surface area contributed by atoms with Crippen LogP contribution in [0.25, 0.3) is 0 Å². The standard InChI is InChI=1S/C18H20Cl2N2O4/c1-24-15-6-11(7-16(25-2)17(15)26-3)9-21-18(23)22-10-12-4-5-13(19)8-14(12)20/h4-8H,9-10H2,1-3H3,(H2,21,22,23). The zero-order valence-corrected chi connectivity index (χ0v) is 16.2. The minimum Gasteiger partial charge on any atom is -0.493 e. The molecular formula is C18H20Cl2N2O4. The molecular weight excluding hydrogens is 379 g/mol. The molecule has 2 N–H and O–H groups in total. The van der Waals surface area contributed by atoms with Crippen LogP contribution >= 0.6 is 23.2 Å². The van der Waals surface area contributed by atoms with Gasteiger partial charge in [0.05, 0.1) is 21.3 Å². The van der Waals surface area contributed by atoms with E-state index in [9.17, 15) is 4.79 Å². The van der Waals surface area contributed by atoms with Gasteiger partial charge in [-0.1, -0.05) is 29.3 Å². The van der Waals surface area contributed by atoms with Gasteiger partial charge in [-0.25, -0.2) is 4.79 Å². The summed E-state index contributed by atoms with van der Waals surface area (Å²) < 4.78 is 15.9. The molecule has 140 valence electrons. The lowest BCUT2D eigenvalue weighted by Crippen LogP contribution is -2.34. The molecule has 0 aliphatic heterocycles. The predicted octanol–water partition coefficient (Wildman–Crippen LogP) is 4.02. The van der Waals surface area contributed by atoms with Crippen LogP contribution in [0, 0.1) is 0 Å². The Hall–Kier alpha value is -2.31. The van der Waals surface area contributed by atoms with Crippen molar-refractivity contribution in [3.8, 4) is 17.2 Å². The minimum absolute atomic E-state index is 0.289. The molecule has 0 spiro atoms. The average molecular weight is 399 g/mol. The van der Waals surface area contributed by atoms with Crippen LogP contribution in [0.4, 0.5) is 4.79 Å². The fraction of sp³-hybridized carbons (Fsp3) is 0.278. The van der Waals surface area contributed by atoms with Gasteiger partial charge in [0, 0.05) is 23.1 Å². The Bertz CT molecular complexity index is 759. The number of hydrogen-bond acceptors (Lipinski definition) is 4. The Morgan fingerprint density at radius 1 is 0.923 bits per heavy atom. The molecule has 0 aliphatic rings. The van der Waals surface area contributed by atoms with Crippen molar-refractivity contribution >= 4 is 29.2 Å². The number of benzene rings is 2. The second-order valence-electron chi connectivity index (χ2n) is 5.31. The molecule has 0 aliphatic carbocycles. The van der Waals surface area contributed by atoms with Gasteiger partial charge in [-0.05, 0) is 35.4 Å². The van der Waals surface area contributed by atoms with E-state index in [2.05, 4.69) is 10.6 Å². The van der Waals surface area contributed by atoms with Gasteiger partial charge in [-0.2, -0.15) is 0 Å². The highest BCUT2D eigenvalue weighted by molar-refractivity contribution is 6.35. The van der Waals surface area contributed by atoms with E-state index in [-0.39, 0.29) is 19.1 Å². The molecule has 2 amide bonds. The quantitative estimate of drug-likeness (QED) is 0.738. The molecule has 8 heteroatoms. The molecule has 0 saturated carbocycles. The smallest absolute Gasteiger partial charge is 0.315 e. The van der Waals surface area contributed by atoms with Gasteiger partial charge in [-0.15, -0.1) is 0 Å². The highest BCUT2D eigenvalue weighted by Gasteiger charge is 2.13. The van der Waals surface area contributed by atoms with Crippen molar-refractivity contribution < 1.29 is 19.0 Å². The number of rotatable bonds is 7. The number of ether oxygens (including phenoxy) is 3. The van der Waals surface area contributed by atoms with E-state index >= 15 is 0 Å². The topological polar surface area (TPSA) is 68.8 Å². The fourth-order valence-corrected chi connectivity index (χ4v) is 2.80. The Morgan fingerprint density at radius 3 is 2.08 bits per heavy atom. The van der Waals surface area contributed by atoms with Crippen LogP contribution in [0.5, 0.6) is 17.2 Å². The molecule has 6 nitrogen and oxygen atoms in total. The largest absolute Gasteiger partial charge is 0.493 e. The summed E-state index contributed by atoms with van der Waals surface area (Å²) in [5.74, 6) is 1.55. The van der Waals surface area contributed by atoms with Crippen LogP contribution in [0.15, 0.2) is 30.3 Å². The van der Waals surface area contributed by atoms with Crippen LogP contribution in [0.2, 0.25) is 10.0 Å². The Labute approximate surface area is 162 Å². The summed E-state index contributed by atoms with van der Waals surface area (Å²) in [6.07, 6.45) is 0. The fourth-order valence-electron chi connectivity index (χ4n) is 2.32. The molecule has 0 bridgehead atoms. The molecule has 0 radical (unpaired) electrons. The molecule has 2 rings (SSSR count). The van der Waals surface area contributed by atoms with E-state index in [1.165, 1.54) is 21.3 Å². The van der Waals surface area contributed by atoms with E-state index in [0.717, 1.165) is 11.1 Å². The highest BCUT2D eigenvalue weighted by atomic mass is 35.5. The third-order valence-electron chi connectivity index (χ3n) is 3.63. The minimum atomic E-state index is -0.329. The molecule has 0 heterocycles. The van der Waals surface area contributed by atoms with Crippen molar-refractivity contribution in [1.29, 1.82) is 0 Å². The number of carbonyl (C=O) groups is 1. The number of methoxy groups -OCH3 is 3. The Morgan fingerprint density at radius 2 is 1.54 bits per heavy atom. The van der Waals surface area contributed by atoms with Gasteiger partial charge in [0.25, 0.3) is 0 Å². The van der Waals surface area contributed by atoms with E-state index in [4.69, 9.17) is 37.4 Å². The first kappa shape index (κ1) is 20.0. The number of amides is 2. The Balaban J connectivity index is 1.96. The highest BCUT2D eigenvalue weighted by Crippen LogP contribution is 2.38. The van der Waals surface area contributed by atoms with Crippen LogP contribution in [0.1, 0.15) is 11.1 Å². The van der Waals surface area contributed by atoms with Crippen molar-refractivity contribution in [2.75, 3.05) is 21.3 Å². The van der Waals surface area contributed by atoms with Crippen LogP contribution in [-0.2, 0) is 13.1 Å². The maximum Gasteiger partial charge on any atom is 0.315 e. The summed E-state index contributed by atoms with van der Waals surface area (Å²) >= 11 is 11.9. The number of hydrogen-bond donors (Lipinski definition) is 2. The lowest BCUT2D eigenvalue weighted by molar-refractivity contribution is 0.240.